The second-order valence-electron chi connectivity index (χ2n) is 4.55. The number of rotatable bonds is 8. The van der Waals surface area contributed by atoms with Crippen LogP contribution in [0.2, 0.25) is 0 Å². The number of amides is 1. The average molecular weight is 301 g/mol. The van der Waals surface area contributed by atoms with Gasteiger partial charge in [-0.25, -0.2) is 0 Å². The first-order chi connectivity index (χ1) is 10.7. The van der Waals surface area contributed by atoms with Gasteiger partial charge < -0.3 is 14.4 Å². The lowest BCUT2D eigenvalue weighted by Gasteiger charge is -2.17. The SMILES string of the molecule is CCCCOc1ccc(C(=O)N(CC#N)CC#N)cc1OC. The van der Waals surface area contributed by atoms with Crippen molar-refractivity contribution < 1.29 is 14.3 Å². The van der Waals surface area contributed by atoms with Gasteiger partial charge in [-0.2, -0.15) is 10.5 Å². The molecule has 0 fully saturated rings. The van der Waals surface area contributed by atoms with E-state index in [1.807, 2.05) is 12.1 Å². The summed E-state index contributed by atoms with van der Waals surface area (Å²) in [5.74, 6) is 0.636. The van der Waals surface area contributed by atoms with E-state index < -0.39 is 0 Å². The molecule has 6 nitrogen and oxygen atoms in total. The molecule has 0 spiro atoms. The average Bonchev–Trinajstić information content (AvgIpc) is 2.54. The van der Waals surface area contributed by atoms with Crippen LogP contribution < -0.4 is 9.47 Å². The van der Waals surface area contributed by atoms with Crippen molar-refractivity contribution in [2.45, 2.75) is 19.8 Å². The Bertz CT molecular complexity index is 571. The van der Waals surface area contributed by atoms with Crippen molar-refractivity contribution in [1.29, 1.82) is 10.5 Å². The van der Waals surface area contributed by atoms with Gasteiger partial charge in [0.15, 0.2) is 11.5 Å². The maximum absolute atomic E-state index is 12.3. The Hall–Kier alpha value is -2.73. The third kappa shape index (κ3) is 4.68. The van der Waals surface area contributed by atoms with E-state index >= 15 is 0 Å². The maximum atomic E-state index is 12.3. The molecule has 0 bridgehead atoms. The van der Waals surface area contributed by atoms with E-state index in [1.54, 1.807) is 18.2 Å². The fraction of sp³-hybridized carbons (Fsp3) is 0.438. The van der Waals surface area contributed by atoms with E-state index in [4.69, 9.17) is 20.0 Å². The van der Waals surface area contributed by atoms with Gasteiger partial charge in [-0.3, -0.25) is 4.79 Å². The van der Waals surface area contributed by atoms with Gasteiger partial charge in [-0.1, -0.05) is 13.3 Å². The molecule has 0 saturated heterocycles. The van der Waals surface area contributed by atoms with E-state index in [2.05, 4.69) is 6.92 Å². The van der Waals surface area contributed by atoms with Crippen LogP contribution in [0.5, 0.6) is 11.5 Å². The van der Waals surface area contributed by atoms with Crippen LogP contribution >= 0.6 is 0 Å². The van der Waals surface area contributed by atoms with Crippen LogP contribution in [0.4, 0.5) is 0 Å². The Morgan fingerprint density at radius 3 is 2.45 bits per heavy atom. The molecule has 0 N–H and O–H groups in total. The molecule has 1 rings (SSSR count). The molecule has 0 aliphatic carbocycles. The number of carbonyl (C=O) groups excluding carboxylic acids is 1. The number of hydrogen-bond donors (Lipinski definition) is 0. The van der Waals surface area contributed by atoms with Crippen molar-refractivity contribution in [3.8, 4) is 23.6 Å². The second-order valence-corrected chi connectivity index (χ2v) is 4.55. The van der Waals surface area contributed by atoms with Gasteiger partial charge in [-0.05, 0) is 24.6 Å². The van der Waals surface area contributed by atoms with Gasteiger partial charge in [0, 0.05) is 5.56 Å². The predicted octanol–water partition coefficient (Wildman–Crippen LogP) is 2.36. The smallest absolute Gasteiger partial charge is 0.255 e. The first-order valence-electron chi connectivity index (χ1n) is 7.01. The lowest BCUT2D eigenvalue weighted by Crippen LogP contribution is -2.31. The van der Waals surface area contributed by atoms with Gasteiger partial charge in [0.1, 0.15) is 13.1 Å². The molecule has 116 valence electrons. The Labute approximate surface area is 130 Å². The molecule has 0 saturated carbocycles. The van der Waals surface area contributed by atoms with Gasteiger partial charge in [0.2, 0.25) is 0 Å². The second kappa shape index (κ2) is 9.25. The summed E-state index contributed by atoms with van der Waals surface area (Å²) in [6, 6.07) is 8.58. The first-order valence-corrected chi connectivity index (χ1v) is 7.01. The van der Waals surface area contributed by atoms with Gasteiger partial charge in [0.05, 0.1) is 25.9 Å². The Morgan fingerprint density at radius 2 is 1.91 bits per heavy atom. The number of nitriles is 2. The number of hydrogen-bond acceptors (Lipinski definition) is 5. The highest BCUT2D eigenvalue weighted by Crippen LogP contribution is 2.28. The molecule has 0 radical (unpaired) electrons. The van der Waals surface area contributed by atoms with Crippen molar-refractivity contribution >= 4 is 5.91 Å². The van der Waals surface area contributed by atoms with Crippen LogP contribution in [0.25, 0.3) is 0 Å². The third-order valence-electron chi connectivity index (χ3n) is 2.98. The lowest BCUT2D eigenvalue weighted by atomic mass is 10.1. The van der Waals surface area contributed by atoms with Crippen LogP contribution in [-0.2, 0) is 0 Å². The zero-order valence-electron chi connectivity index (χ0n) is 12.8. The van der Waals surface area contributed by atoms with Crippen molar-refractivity contribution in [1.82, 2.24) is 4.90 Å². The predicted molar refractivity (Wildman–Crippen MR) is 80.5 cm³/mol. The number of unbranched alkanes of at least 4 members (excludes halogenated alkanes) is 1. The summed E-state index contributed by atoms with van der Waals surface area (Å²) in [5.41, 5.74) is 0.352. The summed E-state index contributed by atoms with van der Waals surface area (Å²) in [7, 11) is 1.50. The summed E-state index contributed by atoms with van der Waals surface area (Å²) in [5, 5.41) is 17.5. The van der Waals surface area contributed by atoms with E-state index in [0.717, 1.165) is 12.8 Å². The zero-order chi connectivity index (χ0) is 16.4. The van der Waals surface area contributed by atoms with Gasteiger partial charge in [-0.15, -0.1) is 0 Å². The fourth-order valence-electron chi connectivity index (χ4n) is 1.80. The zero-order valence-corrected chi connectivity index (χ0v) is 12.8. The molecule has 22 heavy (non-hydrogen) atoms. The summed E-state index contributed by atoms with van der Waals surface area (Å²) < 4.78 is 10.8. The Kier molecular flexibility index (Phi) is 7.28. The lowest BCUT2D eigenvalue weighted by molar-refractivity contribution is 0.0794. The fourth-order valence-corrected chi connectivity index (χ4v) is 1.80. The summed E-state index contributed by atoms with van der Waals surface area (Å²) in [4.78, 5) is 13.5. The number of ether oxygens (including phenoxy) is 2. The number of nitrogens with zero attached hydrogens (tertiary/aromatic N) is 3. The standard InChI is InChI=1S/C16H19N3O3/c1-3-4-11-22-14-6-5-13(12-15(14)21-2)16(20)19(9-7-17)10-8-18/h5-6,12H,3-4,9-11H2,1-2H3. The van der Waals surface area contributed by atoms with Crippen LogP contribution in [0, 0.1) is 22.7 Å². The molecule has 0 aromatic heterocycles. The number of methoxy groups -OCH3 is 1. The minimum Gasteiger partial charge on any atom is -0.493 e. The Morgan fingerprint density at radius 1 is 1.23 bits per heavy atom. The maximum Gasteiger partial charge on any atom is 0.255 e. The van der Waals surface area contributed by atoms with Crippen LogP contribution in [-0.4, -0.2) is 37.6 Å². The topological polar surface area (TPSA) is 86.4 Å². The van der Waals surface area contributed by atoms with Crippen LogP contribution in [0.15, 0.2) is 18.2 Å². The highest BCUT2D eigenvalue weighted by Gasteiger charge is 2.17. The molecule has 1 aromatic carbocycles. The van der Waals surface area contributed by atoms with Crippen molar-refractivity contribution in [3.63, 3.8) is 0 Å². The molecule has 0 aliphatic rings. The molecule has 0 atom stereocenters. The van der Waals surface area contributed by atoms with E-state index in [1.165, 1.54) is 12.0 Å². The summed E-state index contributed by atoms with van der Waals surface area (Å²) >= 11 is 0. The van der Waals surface area contributed by atoms with Gasteiger partial charge >= 0.3 is 0 Å². The molecular formula is C16H19N3O3. The molecule has 0 heterocycles. The first kappa shape index (κ1) is 17.3. The molecule has 0 aliphatic heterocycles. The van der Waals surface area contributed by atoms with E-state index in [9.17, 15) is 4.79 Å². The third-order valence-corrected chi connectivity index (χ3v) is 2.98. The van der Waals surface area contributed by atoms with E-state index in [-0.39, 0.29) is 19.0 Å². The van der Waals surface area contributed by atoms with Crippen molar-refractivity contribution in [2.75, 3.05) is 26.8 Å². The summed E-state index contributed by atoms with van der Waals surface area (Å²) in [6.45, 7) is 2.38. The number of benzene rings is 1. The Balaban J connectivity index is 2.94. The van der Waals surface area contributed by atoms with Gasteiger partial charge in [0.25, 0.3) is 5.91 Å². The minimum atomic E-state index is -0.387. The molecular weight excluding hydrogens is 282 g/mol. The normalized spacial score (nSPS) is 9.45. The highest BCUT2D eigenvalue weighted by atomic mass is 16.5. The van der Waals surface area contributed by atoms with Crippen molar-refractivity contribution in [2.24, 2.45) is 0 Å². The van der Waals surface area contributed by atoms with Crippen molar-refractivity contribution in [3.05, 3.63) is 23.8 Å². The molecule has 0 unspecified atom stereocenters. The van der Waals surface area contributed by atoms with Crippen LogP contribution in [0.1, 0.15) is 30.1 Å². The highest BCUT2D eigenvalue weighted by molar-refractivity contribution is 5.95. The largest absolute Gasteiger partial charge is 0.493 e. The number of carbonyl (C=O) groups is 1. The monoisotopic (exact) mass is 301 g/mol. The minimum absolute atomic E-state index is 0.135. The quantitative estimate of drug-likeness (QED) is 0.543. The molecule has 1 aromatic rings. The van der Waals surface area contributed by atoms with Crippen LogP contribution in [0.3, 0.4) is 0 Å². The molecule has 6 heteroatoms. The van der Waals surface area contributed by atoms with E-state index in [0.29, 0.717) is 23.7 Å². The molecule has 1 amide bonds. The summed E-state index contributed by atoms with van der Waals surface area (Å²) in [6.07, 6.45) is 1.96.